The second-order valence-electron chi connectivity index (χ2n) is 6.10. The number of aliphatic imine (C=N–C) groups is 1. The molecule has 4 nitrogen and oxygen atoms in total. The minimum Gasteiger partial charge on any atom is -0.496 e. The number of methoxy groups -OCH3 is 1. The summed E-state index contributed by atoms with van der Waals surface area (Å²) in [6.07, 6.45) is 4.11. The summed E-state index contributed by atoms with van der Waals surface area (Å²) < 4.78 is 5.40. The van der Waals surface area contributed by atoms with Crippen molar-refractivity contribution in [1.29, 1.82) is 0 Å². The Labute approximate surface area is 158 Å². The summed E-state index contributed by atoms with van der Waals surface area (Å²) in [6, 6.07) is 13.7. The van der Waals surface area contributed by atoms with Crippen molar-refractivity contribution in [3.05, 3.63) is 69.9 Å². The number of nitrogens with zero attached hydrogens (tertiary/aromatic N) is 1. The quantitative estimate of drug-likeness (QED) is 0.767. The molecular formula is C21H21ClN2O2. The minimum absolute atomic E-state index is 0.185. The number of hydrogen-bond donors (Lipinski definition) is 1. The number of amidine groups is 1. The summed E-state index contributed by atoms with van der Waals surface area (Å²) >= 11 is 6.01. The van der Waals surface area contributed by atoms with Crippen LogP contribution in [0, 0.1) is 0 Å². The molecule has 1 amide bonds. The number of amides is 1. The van der Waals surface area contributed by atoms with Crippen molar-refractivity contribution in [3.63, 3.8) is 0 Å². The van der Waals surface area contributed by atoms with Crippen LogP contribution in [0.25, 0.3) is 6.08 Å². The molecule has 0 spiro atoms. The first-order valence-electron chi connectivity index (χ1n) is 8.61. The van der Waals surface area contributed by atoms with Crippen LogP contribution in [0.5, 0.6) is 5.75 Å². The summed E-state index contributed by atoms with van der Waals surface area (Å²) in [5.74, 6) is 1.21. The molecule has 1 aliphatic rings. The van der Waals surface area contributed by atoms with E-state index in [1.54, 1.807) is 13.2 Å². The van der Waals surface area contributed by atoms with Crippen molar-refractivity contribution in [3.8, 4) is 5.75 Å². The topological polar surface area (TPSA) is 50.7 Å². The molecular weight excluding hydrogens is 348 g/mol. The number of benzene rings is 2. The van der Waals surface area contributed by atoms with Gasteiger partial charge in [-0.05, 0) is 54.3 Å². The first-order chi connectivity index (χ1) is 12.6. The van der Waals surface area contributed by atoms with Gasteiger partial charge in [0, 0.05) is 17.0 Å². The molecule has 0 saturated heterocycles. The van der Waals surface area contributed by atoms with E-state index in [1.807, 2.05) is 42.5 Å². The number of hydrogen-bond acceptors (Lipinski definition) is 3. The van der Waals surface area contributed by atoms with E-state index in [0.29, 0.717) is 23.0 Å². The fraction of sp³-hybridized carbons (Fsp3) is 0.238. The molecule has 0 fully saturated rings. The molecule has 0 aliphatic carbocycles. The van der Waals surface area contributed by atoms with Crippen LogP contribution in [-0.2, 0) is 17.6 Å². The third-order valence-electron chi connectivity index (χ3n) is 4.28. The Hall–Kier alpha value is -2.59. The van der Waals surface area contributed by atoms with Gasteiger partial charge in [-0.1, -0.05) is 36.7 Å². The van der Waals surface area contributed by atoms with Gasteiger partial charge in [-0.15, -0.1) is 0 Å². The van der Waals surface area contributed by atoms with E-state index in [-0.39, 0.29) is 5.91 Å². The van der Waals surface area contributed by atoms with Gasteiger partial charge in [-0.2, -0.15) is 0 Å². The third kappa shape index (κ3) is 4.33. The highest BCUT2D eigenvalue weighted by Crippen LogP contribution is 2.24. The molecule has 0 radical (unpaired) electrons. The smallest absolute Gasteiger partial charge is 0.275 e. The Balaban J connectivity index is 1.78. The average molecular weight is 369 g/mol. The summed E-state index contributed by atoms with van der Waals surface area (Å²) in [4.78, 5) is 16.7. The second kappa shape index (κ2) is 8.19. The predicted molar refractivity (Wildman–Crippen MR) is 106 cm³/mol. The van der Waals surface area contributed by atoms with E-state index < -0.39 is 0 Å². The molecule has 0 atom stereocenters. The van der Waals surface area contributed by atoms with Crippen molar-refractivity contribution in [2.24, 2.45) is 4.99 Å². The zero-order chi connectivity index (χ0) is 18.5. The molecule has 134 valence electrons. The van der Waals surface area contributed by atoms with Gasteiger partial charge in [0.05, 0.1) is 7.11 Å². The van der Waals surface area contributed by atoms with Gasteiger partial charge in [-0.3, -0.25) is 4.79 Å². The van der Waals surface area contributed by atoms with E-state index in [2.05, 4.69) is 17.2 Å². The lowest BCUT2D eigenvalue weighted by Gasteiger charge is -2.07. The Bertz CT molecular complexity index is 887. The predicted octanol–water partition coefficient (Wildman–Crippen LogP) is 4.41. The van der Waals surface area contributed by atoms with Crippen LogP contribution in [0.4, 0.5) is 0 Å². The molecule has 26 heavy (non-hydrogen) atoms. The van der Waals surface area contributed by atoms with E-state index in [1.165, 1.54) is 5.56 Å². The Morgan fingerprint density at radius 1 is 1.15 bits per heavy atom. The van der Waals surface area contributed by atoms with Gasteiger partial charge in [0.15, 0.2) is 0 Å². The van der Waals surface area contributed by atoms with E-state index >= 15 is 0 Å². The van der Waals surface area contributed by atoms with Gasteiger partial charge in [-0.25, -0.2) is 4.99 Å². The molecule has 2 aromatic carbocycles. The number of nitrogens with one attached hydrogen (secondary N) is 1. The van der Waals surface area contributed by atoms with Gasteiger partial charge in [0.25, 0.3) is 5.91 Å². The molecule has 5 heteroatoms. The molecule has 3 rings (SSSR count). The average Bonchev–Trinajstić information content (AvgIpc) is 2.99. The van der Waals surface area contributed by atoms with Crippen LogP contribution in [0.2, 0.25) is 5.02 Å². The molecule has 0 aromatic heterocycles. The second-order valence-corrected chi connectivity index (χ2v) is 6.54. The van der Waals surface area contributed by atoms with Crippen molar-refractivity contribution >= 4 is 29.4 Å². The molecule has 1 N–H and O–H groups in total. The lowest BCUT2D eigenvalue weighted by molar-refractivity contribution is -0.115. The Morgan fingerprint density at radius 3 is 2.73 bits per heavy atom. The first kappa shape index (κ1) is 18.2. The molecule has 1 heterocycles. The largest absolute Gasteiger partial charge is 0.496 e. The van der Waals surface area contributed by atoms with Crippen LogP contribution < -0.4 is 10.1 Å². The van der Waals surface area contributed by atoms with Crippen molar-refractivity contribution in [2.75, 3.05) is 7.11 Å². The summed E-state index contributed by atoms with van der Waals surface area (Å²) in [5.41, 5.74) is 3.56. The number of halogens is 1. The van der Waals surface area contributed by atoms with Crippen LogP contribution in [0.3, 0.4) is 0 Å². The van der Waals surface area contributed by atoms with Gasteiger partial charge < -0.3 is 10.1 Å². The Kier molecular flexibility index (Phi) is 5.74. The molecule has 1 aliphatic heterocycles. The summed E-state index contributed by atoms with van der Waals surface area (Å²) in [7, 11) is 1.62. The maximum absolute atomic E-state index is 12.3. The lowest BCUT2D eigenvalue weighted by Crippen LogP contribution is -2.24. The monoisotopic (exact) mass is 368 g/mol. The fourth-order valence-corrected chi connectivity index (χ4v) is 3.07. The van der Waals surface area contributed by atoms with Crippen LogP contribution >= 0.6 is 11.6 Å². The minimum atomic E-state index is -0.185. The van der Waals surface area contributed by atoms with E-state index in [9.17, 15) is 4.79 Å². The molecule has 0 saturated carbocycles. The number of carbonyl (C=O) groups excluding carboxylic acids is 1. The molecule has 0 bridgehead atoms. The lowest BCUT2D eigenvalue weighted by atomic mass is 10.1. The van der Waals surface area contributed by atoms with Crippen LogP contribution in [0.1, 0.15) is 30.0 Å². The normalized spacial score (nSPS) is 15.1. The fourth-order valence-electron chi connectivity index (χ4n) is 2.85. The molecule has 0 unspecified atom stereocenters. The summed E-state index contributed by atoms with van der Waals surface area (Å²) in [5, 5.41) is 3.56. The highest BCUT2D eigenvalue weighted by molar-refractivity contribution is 6.30. The maximum atomic E-state index is 12.3. The van der Waals surface area contributed by atoms with Crippen molar-refractivity contribution in [1.82, 2.24) is 5.32 Å². The standard InChI is InChI=1S/C21H21ClN2O2/c1-3-14-7-9-19(26-2)16(11-14)13-18-21(25)24-20(23-18)10-8-15-5-4-6-17(22)12-15/h4-7,9,11-13H,3,8,10H2,1-2H3,(H,23,24,25)/b18-13+. The Morgan fingerprint density at radius 2 is 2.00 bits per heavy atom. The first-order valence-corrected chi connectivity index (χ1v) is 8.99. The summed E-state index contributed by atoms with van der Waals surface area (Å²) in [6.45, 7) is 2.09. The number of aryl methyl sites for hydroxylation is 2. The third-order valence-corrected chi connectivity index (χ3v) is 4.52. The highest BCUT2D eigenvalue weighted by Gasteiger charge is 2.20. The van der Waals surface area contributed by atoms with E-state index in [0.717, 1.165) is 29.7 Å². The number of carbonyl (C=O) groups is 1. The molecule has 2 aromatic rings. The van der Waals surface area contributed by atoms with E-state index in [4.69, 9.17) is 16.3 Å². The van der Waals surface area contributed by atoms with Crippen molar-refractivity contribution < 1.29 is 9.53 Å². The van der Waals surface area contributed by atoms with Crippen LogP contribution in [0.15, 0.2) is 53.2 Å². The van der Waals surface area contributed by atoms with Gasteiger partial charge in [0.2, 0.25) is 0 Å². The number of rotatable bonds is 6. The SMILES string of the molecule is CCc1ccc(OC)c(/C=C2/N=C(CCc3cccc(Cl)c3)NC2=O)c1. The van der Waals surface area contributed by atoms with Gasteiger partial charge >= 0.3 is 0 Å². The van der Waals surface area contributed by atoms with Gasteiger partial charge in [0.1, 0.15) is 17.3 Å². The zero-order valence-electron chi connectivity index (χ0n) is 14.9. The van der Waals surface area contributed by atoms with Crippen LogP contribution in [-0.4, -0.2) is 18.9 Å². The van der Waals surface area contributed by atoms with Crippen molar-refractivity contribution in [2.45, 2.75) is 26.2 Å². The maximum Gasteiger partial charge on any atom is 0.275 e. The highest BCUT2D eigenvalue weighted by atomic mass is 35.5. The zero-order valence-corrected chi connectivity index (χ0v) is 15.6. The number of ether oxygens (including phenoxy) is 1.